The number of allylic oxidation sites excluding steroid dienone is 2. The third-order valence-corrected chi connectivity index (χ3v) is 5.28. The van der Waals surface area contributed by atoms with Crippen molar-refractivity contribution in [1.29, 1.82) is 0 Å². The number of aryl methyl sites for hydroxylation is 1. The van der Waals surface area contributed by atoms with Crippen LogP contribution in [-0.4, -0.2) is 0 Å². The number of unbranched alkanes of at least 4 members (excludes halogenated alkanes) is 2. The lowest BCUT2D eigenvalue weighted by molar-refractivity contribution is 0.289. The van der Waals surface area contributed by atoms with Crippen LogP contribution < -0.4 is 0 Å². The van der Waals surface area contributed by atoms with Crippen LogP contribution in [0, 0.1) is 11.8 Å². The highest BCUT2D eigenvalue weighted by Gasteiger charge is 2.18. The van der Waals surface area contributed by atoms with E-state index in [1.165, 1.54) is 56.9 Å². The Labute approximate surface area is 142 Å². The molecule has 1 aromatic rings. The largest absolute Gasteiger partial charge is 0.0879 e. The Morgan fingerprint density at radius 2 is 1.77 bits per heavy atom. The van der Waals surface area contributed by atoms with Crippen molar-refractivity contribution in [2.45, 2.75) is 71.1 Å². The van der Waals surface area contributed by atoms with Crippen molar-refractivity contribution in [2.24, 2.45) is 11.8 Å². The van der Waals surface area contributed by atoms with Gasteiger partial charge in [-0.3, -0.25) is 0 Å². The first kappa shape index (κ1) is 17.6. The van der Waals surface area contributed by atoms with Gasteiger partial charge in [0.15, 0.2) is 0 Å². The molecule has 0 radical (unpaired) electrons. The van der Waals surface area contributed by atoms with E-state index in [4.69, 9.17) is 11.6 Å². The summed E-state index contributed by atoms with van der Waals surface area (Å²) < 4.78 is 0. The van der Waals surface area contributed by atoms with E-state index in [-0.39, 0.29) is 0 Å². The molecule has 2 rings (SSSR count). The van der Waals surface area contributed by atoms with Gasteiger partial charge in [0.05, 0.1) is 0 Å². The molecule has 1 aromatic carbocycles. The molecule has 0 nitrogen and oxygen atoms in total. The highest BCUT2D eigenvalue weighted by atomic mass is 35.5. The van der Waals surface area contributed by atoms with Crippen LogP contribution in [0.3, 0.4) is 0 Å². The van der Waals surface area contributed by atoms with E-state index in [9.17, 15) is 0 Å². The van der Waals surface area contributed by atoms with Crippen LogP contribution in [0.1, 0.15) is 70.3 Å². The van der Waals surface area contributed by atoms with Gasteiger partial charge < -0.3 is 0 Å². The van der Waals surface area contributed by atoms with Gasteiger partial charge in [-0.15, -0.1) is 0 Å². The monoisotopic (exact) mass is 318 g/mol. The van der Waals surface area contributed by atoms with Crippen LogP contribution >= 0.6 is 11.6 Å². The Morgan fingerprint density at radius 1 is 1.05 bits per heavy atom. The van der Waals surface area contributed by atoms with E-state index in [0.29, 0.717) is 0 Å². The molecule has 0 saturated heterocycles. The maximum Gasteiger partial charge on any atom is 0.0406 e. The molecule has 0 aliphatic heterocycles. The average molecular weight is 319 g/mol. The SMILES string of the molecule is CCCCCC1CCC(C=CCCc2ccc(Cl)cc2)CC1. The van der Waals surface area contributed by atoms with Crippen LogP contribution in [0.15, 0.2) is 36.4 Å². The fourth-order valence-corrected chi connectivity index (χ4v) is 3.67. The van der Waals surface area contributed by atoms with Crippen LogP contribution in [0.25, 0.3) is 0 Å². The highest BCUT2D eigenvalue weighted by Crippen LogP contribution is 2.32. The molecule has 0 unspecified atom stereocenters. The fourth-order valence-electron chi connectivity index (χ4n) is 3.54. The molecule has 0 heterocycles. The normalized spacial score (nSPS) is 22.3. The Balaban J connectivity index is 1.60. The van der Waals surface area contributed by atoms with Crippen molar-refractivity contribution < 1.29 is 0 Å². The summed E-state index contributed by atoms with van der Waals surface area (Å²) in [5.41, 5.74) is 1.38. The minimum Gasteiger partial charge on any atom is -0.0879 e. The molecule has 1 heteroatoms. The predicted octanol–water partition coefficient (Wildman–Crippen LogP) is 7.22. The summed E-state index contributed by atoms with van der Waals surface area (Å²) in [4.78, 5) is 0. The van der Waals surface area contributed by atoms with E-state index in [1.807, 2.05) is 12.1 Å². The molecule has 0 atom stereocenters. The zero-order chi connectivity index (χ0) is 15.6. The molecule has 122 valence electrons. The van der Waals surface area contributed by atoms with Gasteiger partial charge in [-0.2, -0.15) is 0 Å². The molecule has 1 saturated carbocycles. The topological polar surface area (TPSA) is 0 Å². The van der Waals surface area contributed by atoms with Crippen molar-refractivity contribution in [3.63, 3.8) is 0 Å². The lowest BCUT2D eigenvalue weighted by Crippen LogP contribution is -2.13. The van der Waals surface area contributed by atoms with Crippen molar-refractivity contribution in [3.05, 3.63) is 47.0 Å². The number of halogens is 1. The van der Waals surface area contributed by atoms with E-state index in [1.54, 1.807) is 0 Å². The minimum atomic E-state index is 0.829. The van der Waals surface area contributed by atoms with Gasteiger partial charge in [-0.1, -0.05) is 68.5 Å². The van der Waals surface area contributed by atoms with E-state index >= 15 is 0 Å². The predicted molar refractivity (Wildman–Crippen MR) is 98.5 cm³/mol. The molecule has 1 fully saturated rings. The van der Waals surface area contributed by atoms with Gasteiger partial charge in [0, 0.05) is 5.02 Å². The van der Waals surface area contributed by atoms with Crippen molar-refractivity contribution in [2.75, 3.05) is 0 Å². The van der Waals surface area contributed by atoms with Crippen molar-refractivity contribution in [1.82, 2.24) is 0 Å². The summed E-state index contributed by atoms with van der Waals surface area (Å²) in [5, 5.41) is 0.829. The lowest BCUT2D eigenvalue weighted by Gasteiger charge is -2.26. The quantitative estimate of drug-likeness (QED) is 0.350. The molecule has 0 bridgehead atoms. The molecular weight excluding hydrogens is 288 g/mol. The van der Waals surface area contributed by atoms with Crippen molar-refractivity contribution in [3.8, 4) is 0 Å². The molecule has 1 aliphatic carbocycles. The maximum absolute atomic E-state index is 5.91. The van der Waals surface area contributed by atoms with Gasteiger partial charge in [0.1, 0.15) is 0 Å². The van der Waals surface area contributed by atoms with Gasteiger partial charge >= 0.3 is 0 Å². The highest BCUT2D eigenvalue weighted by molar-refractivity contribution is 6.30. The number of hydrogen-bond acceptors (Lipinski definition) is 0. The second-order valence-electron chi connectivity index (χ2n) is 6.87. The molecule has 22 heavy (non-hydrogen) atoms. The molecule has 0 aromatic heterocycles. The summed E-state index contributed by atoms with van der Waals surface area (Å²) >= 11 is 5.91. The lowest BCUT2D eigenvalue weighted by atomic mass is 9.79. The Morgan fingerprint density at radius 3 is 2.45 bits per heavy atom. The smallest absolute Gasteiger partial charge is 0.0406 e. The van der Waals surface area contributed by atoms with Crippen LogP contribution in [-0.2, 0) is 6.42 Å². The van der Waals surface area contributed by atoms with Crippen LogP contribution in [0.2, 0.25) is 5.02 Å². The molecule has 0 N–H and O–H groups in total. The van der Waals surface area contributed by atoms with Gasteiger partial charge in [0.25, 0.3) is 0 Å². The summed E-state index contributed by atoms with van der Waals surface area (Å²) in [6.07, 6.45) is 18.6. The van der Waals surface area contributed by atoms with E-state index in [0.717, 1.165) is 29.7 Å². The van der Waals surface area contributed by atoms with Crippen LogP contribution in [0.5, 0.6) is 0 Å². The third-order valence-electron chi connectivity index (χ3n) is 5.03. The Hall–Kier alpha value is -0.750. The summed E-state index contributed by atoms with van der Waals surface area (Å²) in [5.74, 6) is 1.86. The fraction of sp³-hybridized carbons (Fsp3) is 0.619. The summed E-state index contributed by atoms with van der Waals surface area (Å²) in [6.45, 7) is 2.30. The minimum absolute atomic E-state index is 0.829. The molecule has 1 aliphatic rings. The zero-order valence-corrected chi connectivity index (χ0v) is 14.8. The van der Waals surface area contributed by atoms with Gasteiger partial charge in [0.2, 0.25) is 0 Å². The first-order valence-corrected chi connectivity index (χ1v) is 9.57. The Kier molecular flexibility index (Phi) is 8.08. The number of rotatable bonds is 8. The van der Waals surface area contributed by atoms with Crippen molar-refractivity contribution >= 4 is 11.6 Å². The molecule has 0 amide bonds. The van der Waals surface area contributed by atoms with Gasteiger partial charge in [-0.25, -0.2) is 0 Å². The first-order valence-electron chi connectivity index (χ1n) is 9.19. The summed E-state index contributed by atoms with van der Waals surface area (Å²) in [7, 11) is 0. The number of hydrogen-bond donors (Lipinski definition) is 0. The standard InChI is InChI=1S/C21H31Cl/c1-2-3-4-7-18-10-12-19(13-11-18)8-5-6-9-20-14-16-21(22)17-15-20/h5,8,14-19H,2-4,6-7,9-13H2,1H3. The average Bonchev–Trinajstić information content (AvgIpc) is 2.55. The zero-order valence-electron chi connectivity index (χ0n) is 14.1. The first-order chi connectivity index (χ1) is 10.8. The second-order valence-corrected chi connectivity index (χ2v) is 7.31. The number of benzene rings is 1. The summed E-state index contributed by atoms with van der Waals surface area (Å²) in [6, 6.07) is 8.25. The van der Waals surface area contributed by atoms with Crippen LogP contribution in [0.4, 0.5) is 0 Å². The second kappa shape index (κ2) is 10.1. The third kappa shape index (κ3) is 6.57. The maximum atomic E-state index is 5.91. The van der Waals surface area contributed by atoms with E-state index < -0.39 is 0 Å². The Bertz CT molecular complexity index is 424. The molecular formula is C21H31Cl. The molecule has 0 spiro atoms. The van der Waals surface area contributed by atoms with E-state index in [2.05, 4.69) is 31.2 Å². The van der Waals surface area contributed by atoms with Gasteiger partial charge in [-0.05, 0) is 68.1 Å².